The fourth-order valence-corrected chi connectivity index (χ4v) is 4.53. The van der Waals surface area contributed by atoms with Crippen molar-refractivity contribution in [2.24, 2.45) is 0 Å². The van der Waals surface area contributed by atoms with Crippen LogP contribution in [0.5, 0.6) is 0 Å². The van der Waals surface area contributed by atoms with Crippen LogP contribution in [0.25, 0.3) is 0 Å². The zero-order valence-corrected chi connectivity index (χ0v) is 13.6. The second-order valence-corrected chi connectivity index (χ2v) is 7.57. The van der Waals surface area contributed by atoms with Crippen molar-refractivity contribution in [1.29, 1.82) is 0 Å². The Bertz CT molecular complexity index is 564. The quantitative estimate of drug-likeness (QED) is 0.841. The molecule has 2 fully saturated rings. The highest BCUT2D eigenvalue weighted by Gasteiger charge is 2.28. The maximum Gasteiger partial charge on any atom is 0.279 e. The number of piperidine rings is 1. The largest absolute Gasteiger partial charge is 0.371 e. The van der Waals surface area contributed by atoms with Crippen molar-refractivity contribution in [3.63, 3.8) is 0 Å². The summed E-state index contributed by atoms with van der Waals surface area (Å²) in [6.07, 6.45) is 1.69. The molecular formula is C15H24N4O2S. The number of hydrogen-bond donors (Lipinski definition) is 2. The van der Waals surface area contributed by atoms with Gasteiger partial charge in [0.2, 0.25) is 0 Å². The van der Waals surface area contributed by atoms with Crippen LogP contribution in [0.15, 0.2) is 30.3 Å². The van der Waals surface area contributed by atoms with Gasteiger partial charge in [-0.15, -0.1) is 0 Å². The van der Waals surface area contributed by atoms with Crippen LogP contribution in [0.2, 0.25) is 0 Å². The molecule has 0 unspecified atom stereocenters. The third kappa shape index (κ3) is 3.78. The van der Waals surface area contributed by atoms with Crippen molar-refractivity contribution in [3.8, 4) is 0 Å². The Morgan fingerprint density at radius 3 is 2.27 bits per heavy atom. The molecule has 2 heterocycles. The van der Waals surface area contributed by atoms with E-state index >= 15 is 0 Å². The minimum atomic E-state index is -3.34. The first-order valence-electron chi connectivity index (χ1n) is 7.93. The molecule has 1 aromatic carbocycles. The SMILES string of the molecule is O=S(=O)(NC1CCN(c2ccccc2)CC1)N1CCNCC1. The Morgan fingerprint density at radius 1 is 1.00 bits per heavy atom. The number of nitrogens with zero attached hydrogens (tertiary/aromatic N) is 2. The number of rotatable bonds is 4. The molecule has 0 radical (unpaired) electrons. The van der Waals surface area contributed by atoms with Crippen LogP contribution < -0.4 is 14.9 Å². The molecule has 0 aliphatic carbocycles. The molecule has 122 valence electrons. The lowest BCUT2D eigenvalue weighted by Gasteiger charge is -2.35. The third-order valence-corrected chi connectivity index (χ3v) is 6.02. The Morgan fingerprint density at radius 2 is 1.64 bits per heavy atom. The van der Waals surface area contributed by atoms with Gasteiger partial charge in [-0.3, -0.25) is 0 Å². The summed E-state index contributed by atoms with van der Waals surface area (Å²) in [5.74, 6) is 0. The molecule has 1 aromatic rings. The van der Waals surface area contributed by atoms with E-state index in [1.165, 1.54) is 5.69 Å². The summed E-state index contributed by atoms with van der Waals surface area (Å²) in [4.78, 5) is 2.32. The summed E-state index contributed by atoms with van der Waals surface area (Å²) in [7, 11) is -3.34. The third-order valence-electron chi connectivity index (χ3n) is 4.35. The molecule has 2 aliphatic rings. The van der Waals surface area contributed by atoms with Crippen LogP contribution in [-0.2, 0) is 10.2 Å². The smallest absolute Gasteiger partial charge is 0.279 e. The maximum absolute atomic E-state index is 12.4. The van der Waals surface area contributed by atoms with E-state index in [1.807, 2.05) is 18.2 Å². The van der Waals surface area contributed by atoms with Gasteiger partial charge >= 0.3 is 0 Å². The van der Waals surface area contributed by atoms with E-state index in [2.05, 4.69) is 27.1 Å². The molecule has 0 spiro atoms. The molecule has 2 N–H and O–H groups in total. The Labute approximate surface area is 132 Å². The lowest BCUT2D eigenvalue weighted by molar-refractivity contribution is 0.346. The first kappa shape index (κ1) is 15.7. The molecule has 0 bridgehead atoms. The first-order chi connectivity index (χ1) is 10.6. The van der Waals surface area contributed by atoms with Gasteiger partial charge in [0.25, 0.3) is 10.2 Å². The molecule has 2 aliphatic heterocycles. The average Bonchev–Trinajstić information content (AvgIpc) is 2.57. The van der Waals surface area contributed by atoms with Crippen molar-refractivity contribution in [3.05, 3.63) is 30.3 Å². The summed E-state index contributed by atoms with van der Waals surface area (Å²) in [6, 6.07) is 10.3. The average molecular weight is 324 g/mol. The zero-order chi connectivity index (χ0) is 15.4. The Kier molecular flexibility index (Phi) is 4.97. The van der Waals surface area contributed by atoms with E-state index in [0.717, 1.165) is 39.0 Å². The van der Waals surface area contributed by atoms with Gasteiger partial charge in [-0.25, -0.2) is 0 Å². The molecular weight excluding hydrogens is 300 g/mol. The Hall–Kier alpha value is -1.15. The minimum absolute atomic E-state index is 0.0415. The van der Waals surface area contributed by atoms with E-state index < -0.39 is 10.2 Å². The highest BCUT2D eigenvalue weighted by molar-refractivity contribution is 7.87. The number of hydrogen-bond acceptors (Lipinski definition) is 4. The molecule has 0 atom stereocenters. The van der Waals surface area contributed by atoms with Gasteiger partial charge in [-0.05, 0) is 25.0 Å². The van der Waals surface area contributed by atoms with Gasteiger partial charge in [0.1, 0.15) is 0 Å². The van der Waals surface area contributed by atoms with Crippen LogP contribution >= 0.6 is 0 Å². The number of benzene rings is 1. The van der Waals surface area contributed by atoms with Crippen LogP contribution in [0.4, 0.5) is 5.69 Å². The summed E-state index contributed by atoms with van der Waals surface area (Å²) < 4.78 is 29.2. The van der Waals surface area contributed by atoms with Gasteiger partial charge in [-0.2, -0.15) is 17.4 Å². The number of nitrogens with one attached hydrogen (secondary N) is 2. The lowest BCUT2D eigenvalue weighted by Crippen LogP contribution is -2.54. The second kappa shape index (κ2) is 6.95. The topological polar surface area (TPSA) is 64.7 Å². The van der Waals surface area contributed by atoms with E-state index in [-0.39, 0.29) is 6.04 Å². The van der Waals surface area contributed by atoms with Crippen molar-refractivity contribution >= 4 is 15.9 Å². The first-order valence-corrected chi connectivity index (χ1v) is 9.37. The number of piperazine rings is 1. The minimum Gasteiger partial charge on any atom is -0.371 e. The molecule has 0 amide bonds. The van der Waals surface area contributed by atoms with Crippen molar-refractivity contribution in [2.45, 2.75) is 18.9 Å². The van der Waals surface area contributed by atoms with Crippen LogP contribution in [0, 0.1) is 0 Å². The predicted octanol–water partition coefficient (Wildman–Crippen LogP) is 0.395. The van der Waals surface area contributed by atoms with Gasteiger partial charge in [0, 0.05) is 51.0 Å². The summed E-state index contributed by atoms with van der Waals surface area (Å²) >= 11 is 0. The normalized spacial score (nSPS) is 21.9. The molecule has 6 nitrogen and oxygen atoms in total. The molecule has 7 heteroatoms. The molecule has 3 rings (SSSR count). The van der Waals surface area contributed by atoms with Crippen molar-refractivity contribution in [2.75, 3.05) is 44.2 Å². The standard InChI is InChI=1S/C15H24N4O2S/c20-22(21,19-12-8-16-9-13-19)17-14-6-10-18(11-7-14)15-4-2-1-3-5-15/h1-5,14,16-17H,6-13H2. The van der Waals surface area contributed by atoms with Crippen molar-refractivity contribution in [1.82, 2.24) is 14.3 Å². The van der Waals surface area contributed by atoms with Crippen molar-refractivity contribution < 1.29 is 8.42 Å². The second-order valence-electron chi connectivity index (χ2n) is 5.87. The fraction of sp³-hybridized carbons (Fsp3) is 0.600. The highest BCUT2D eigenvalue weighted by Crippen LogP contribution is 2.20. The van der Waals surface area contributed by atoms with Crippen LogP contribution in [0.3, 0.4) is 0 Å². The van der Waals surface area contributed by atoms with E-state index in [0.29, 0.717) is 13.1 Å². The number of anilines is 1. The summed E-state index contributed by atoms with van der Waals surface area (Å²) in [6.45, 7) is 4.34. The van der Waals surface area contributed by atoms with Gasteiger partial charge in [-0.1, -0.05) is 18.2 Å². The van der Waals surface area contributed by atoms with E-state index in [4.69, 9.17) is 0 Å². The predicted molar refractivity (Wildman–Crippen MR) is 88.2 cm³/mol. The molecule has 2 saturated heterocycles. The summed E-state index contributed by atoms with van der Waals surface area (Å²) in [5, 5.41) is 3.17. The van der Waals surface area contributed by atoms with Gasteiger partial charge in [0.05, 0.1) is 0 Å². The fourth-order valence-electron chi connectivity index (χ4n) is 3.06. The number of para-hydroxylation sites is 1. The maximum atomic E-state index is 12.4. The zero-order valence-electron chi connectivity index (χ0n) is 12.7. The van der Waals surface area contributed by atoms with Crippen LogP contribution in [-0.4, -0.2) is 58.0 Å². The van der Waals surface area contributed by atoms with Gasteiger partial charge in [0.15, 0.2) is 0 Å². The highest BCUT2D eigenvalue weighted by atomic mass is 32.2. The lowest BCUT2D eigenvalue weighted by atomic mass is 10.1. The van der Waals surface area contributed by atoms with E-state index in [1.54, 1.807) is 4.31 Å². The van der Waals surface area contributed by atoms with E-state index in [9.17, 15) is 8.42 Å². The monoisotopic (exact) mass is 324 g/mol. The van der Waals surface area contributed by atoms with Gasteiger partial charge < -0.3 is 10.2 Å². The molecule has 0 aromatic heterocycles. The molecule has 22 heavy (non-hydrogen) atoms. The van der Waals surface area contributed by atoms with Crippen LogP contribution in [0.1, 0.15) is 12.8 Å². The summed E-state index contributed by atoms with van der Waals surface area (Å²) in [5.41, 5.74) is 1.21. The Balaban J connectivity index is 1.53. The molecule has 0 saturated carbocycles.